The van der Waals surface area contributed by atoms with E-state index in [1.54, 1.807) is 25.1 Å². The summed E-state index contributed by atoms with van der Waals surface area (Å²) in [5, 5.41) is 3.28. The van der Waals surface area contributed by atoms with Crippen molar-refractivity contribution in [2.45, 2.75) is 13.3 Å². The van der Waals surface area contributed by atoms with Gasteiger partial charge in [-0.2, -0.15) is 0 Å². The highest BCUT2D eigenvalue weighted by molar-refractivity contribution is 5.96. The fourth-order valence-electron chi connectivity index (χ4n) is 1.79. The largest absolute Gasteiger partial charge is 0.345 e. The zero-order valence-corrected chi connectivity index (χ0v) is 11.5. The van der Waals surface area contributed by atoms with Gasteiger partial charge in [-0.25, -0.2) is 0 Å². The van der Waals surface area contributed by atoms with Gasteiger partial charge in [-0.15, -0.1) is 0 Å². The van der Waals surface area contributed by atoms with Crippen LogP contribution >= 0.6 is 0 Å². The summed E-state index contributed by atoms with van der Waals surface area (Å²) in [4.78, 5) is 13.4. The van der Waals surface area contributed by atoms with E-state index in [0.717, 1.165) is 19.5 Å². The standard InChI is InChI=1S/C15H22N2O/c1-5-13(15(18)17(3)4)7-6-12(2)14-8-10-16-11-9-14/h5-8,16H,1,9-11H2,2-4H3/b12-6+,13-7+. The topological polar surface area (TPSA) is 32.3 Å². The van der Waals surface area contributed by atoms with Gasteiger partial charge in [0.15, 0.2) is 0 Å². The third-order valence-corrected chi connectivity index (χ3v) is 2.96. The number of hydrogen-bond donors (Lipinski definition) is 1. The van der Waals surface area contributed by atoms with Gasteiger partial charge in [0.25, 0.3) is 5.91 Å². The van der Waals surface area contributed by atoms with Crippen molar-refractivity contribution in [3.63, 3.8) is 0 Å². The lowest BCUT2D eigenvalue weighted by Gasteiger charge is -2.14. The predicted octanol–water partition coefficient (Wildman–Crippen LogP) is 2.05. The van der Waals surface area contributed by atoms with Crippen LogP contribution < -0.4 is 5.32 Å². The van der Waals surface area contributed by atoms with Crippen LogP contribution in [0.1, 0.15) is 13.3 Å². The van der Waals surface area contributed by atoms with Crippen LogP contribution in [0.2, 0.25) is 0 Å². The number of hydrogen-bond acceptors (Lipinski definition) is 2. The summed E-state index contributed by atoms with van der Waals surface area (Å²) in [5.74, 6) is -0.0201. The summed E-state index contributed by atoms with van der Waals surface area (Å²) >= 11 is 0. The highest BCUT2D eigenvalue weighted by Gasteiger charge is 2.07. The molecule has 0 atom stereocenters. The Kier molecular flexibility index (Phi) is 5.59. The molecule has 0 saturated carbocycles. The SMILES string of the molecule is C=C/C(=C\C=C(/C)C1=CCNCC1)C(=O)N(C)C. The van der Waals surface area contributed by atoms with Gasteiger partial charge in [0.05, 0.1) is 0 Å². The first kappa shape index (κ1) is 14.5. The third-order valence-electron chi connectivity index (χ3n) is 2.96. The fraction of sp³-hybridized carbons (Fsp3) is 0.400. The van der Waals surface area contributed by atoms with Crippen molar-refractivity contribution in [3.05, 3.63) is 47.6 Å². The first-order valence-corrected chi connectivity index (χ1v) is 6.19. The number of amides is 1. The monoisotopic (exact) mass is 246 g/mol. The van der Waals surface area contributed by atoms with Crippen LogP contribution in [-0.4, -0.2) is 38.0 Å². The zero-order chi connectivity index (χ0) is 13.5. The quantitative estimate of drug-likeness (QED) is 0.608. The van der Waals surface area contributed by atoms with Gasteiger partial charge in [0, 0.05) is 26.2 Å². The van der Waals surface area contributed by atoms with Gasteiger partial charge in [-0.3, -0.25) is 4.79 Å². The molecule has 1 heterocycles. The summed E-state index contributed by atoms with van der Waals surface area (Å²) in [6, 6.07) is 0. The van der Waals surface area contributed by atoms with Crippen LogP contribution in [0.3, 0.4) is 0 Å². The van der Waals surface area contributed by atoms with Crippen LogP contribution in [0.25, 0.3) is 0 Å². The zero-order valence-electron chi connectivity index (χ0n) is 11.5. The molecule has 0 spiro atoms. The highest BCUT2D eigenvalue weighted by Crippen LogP contribution is 2.15. The Balaban J connectivity index is 2.84. The number of carbonyl (C=O) groups excluding carboxylic acids is 1. The van der Waals surface area contributed by atoms with Crippen LogP contribution in [0.15, 0.2) is 47.6 Å². The molecule has 0 unspecified atom stereocenters. The molecule has 3 heteroatoms. The van der Waals surface area contributed by atoms with Gasteiger partial charge < -0.3 is 10.2 Å². The van der Waals surface area contributed by atoms with Crippen LogP contribution in [0.5, 0.6) is 0 Å². The van der Waals surface area contributed by atoms with Gasteiger partial charge in [-0.1, -0.05) is 24.8 Å². The Labute approximate surface area is 110 Å². The predicted molar refractivity (Wildman–Crippen MR) is 76.3 cm³/mol. The van der Waals surface area contributed by atoms with Crippen molar-refractivity contribution in [3.8, 4) is 0 Å². The Hall–Kier alpha value is -1.61. The molecule has 1 aliphatic rings. The number of nitrogens with zero attached hydrogens (tertiary/aromatic N) is 1. The molecular formula is C15H22N2O. The summed E-state index contributed by atoms with van der Waals surface area (Å²) in [6.45, 7) is 7.71. The summed E-state index contributed by atoms with van der Waals surface area (Å²) in [5.41, 5.74) is 3.18. The van der Waals surface area contributed by atoms with Crippen molar-refractivity contribution in [1.82, 2.24) is 10.2 Å². The Morgan fingerprint density at radius 2 is 2.17 bits per heavy atom. The van der Waals surface area contributed by atoms with Crippen molar-refractivity contribution >= 4 is 5.91 Å². The normalized spacial score (nSPS) is 17.2. The minimum atomic E-state index is -0.0201. The molecule has 18 heavy (non-hydrogen) atoms. The molecule has 1 N–H and O–H groups in total. The molecule has 3 nitrogen and oxygen atoms in total. The summed E-state index contributed by atoms with van der Waals surface area (Å²) < 4.78 is 0. The number of carbonyl (C=O) groups is 1. The van der Waals surface area contributed by atoms with Gasteiger partial charge in [-0.05, 0) is 37.1 Å². The number of rotatable bonds is 4. The van der Waals surface area contributed by atoms with E-state index in [-0.39, 0.29) is 5.91 Å². The van der Waals surface area contributed by atoms with Crippen LogP contribution in [-0.2, 0) is 4.79 Å². The molecule has 0 bridgehead atoms. The minimum absolute atomic E-state index is 0.0201. The smallest absolute Gasteiger partial charge is 0.253 e. The molecule has 0 aromatic heterocycles. The van der Waals surface area contributed by atoms with Crippen LogP contribution in [0.4, 0.5) is 0 Å². The van der Waals surface area contributed by atoms with E-state index in [2.05, 4.69) is 24.9 Å². The van der Waals surface area contributed by atoms with E-state index in [4.69, 9.17) is 0 Å². The average Bonchev–Trinajstić information content (AvgIpc) is 2.39. The first-order chi connectivity index (χ1) is 8.56. The van der Waals surface area contributed by atoms with Crippen molar-refractivity contribution in [2.24, 2.45) is 0 Å². The van der Waals surface area contributed by atoms with Crippen molar-refractivity contribution < 1.29 is 4.79 Å². The molecule has 1 rings (SSSR count). The van der Waals surface area contributed by atoms with Crippen molar-refractivity contribution in [2.75, 3.05) is 27.2 Å². The minimum Gasteiger partial charge on any atom is -0.345 e. The maximum atomic E-state index is 11.8. The molecule has 0 fully saturated rings. The lowest BCUT2D eigenvalue weighted by Crippen LogP contribution is -2.22. The molecule has 98 valence electrons. The molecule has 1 amide bonds. The molecule has 1 aliphatic heterocycles. The first-order valence-electron chi connectivity index (χ1n) is 6.19. The highest BCUT2D eigenvalue weighted by atomic mass is 16.2. The second-order valence-corrected chi connectivity index (χ2v) is 4.56. The second-order valence-electron chi connectivity index (χ2n) is 4.56. The fourth-order valence-corrected chi connectivity index (χ4v) is 1.79. The maximum absolute atomic E-state index is 11.8. The van der Waals surface area contributed by atoms with E-state index in [1.807, 2.05) is 12.2 Å². The lowest BCUT2D eigenvalue weighted by molar-refractivity contribution is -0.124. The summed E-state index contributed by atoms with van der Waals surface area (Å²) in [7, 11) is 3.48. The van der Waals surface area contributed by atoms with E-state index >= 15 is 0 Å². The van der Waals surface area contributed by atoms with Crippen molar-refractivity contribution in [1.29, 1.82) is 0 Å². The molecular weight excluding hydrogens is 224 g/mol. The Morgan fingerprint density at radius 1 is 1.44 bits per heavy atom. The molecule has 0 aromatic carbocycles. The molecule has 0 aromatic rings. The van der Waals surface area contributed by atoms with E-state index in [1.165, 1.54) is 11.1 Å². The Morgan fingerprint density at radius 3 is 2.67 bits per heavy atom. The van der Waals surface area contributed by atoms with E-state index in [0.29, 0.717) is 5.57 Å². The molecule has 0 saturated heterocycles. The number of likely N-dealkylation sites (N-methyl/N-ethyl adjacent to an activating group) is 1. The van der Waals surface area contributed by atoms with Gasteiger partial charge in [0.2, 0.25) is 0 Å². The van der Waals surface area contributed by atoms with E-state index in [9.17, 15) is 4.79 Å². The third kappa shape index (κ3) is 4.00. The van der Waals surface area contributed by atoms with Crippen LogP contribution in [0, 0.1) is 0 Å². The number of allylic oxidation sites excluding steroid dienone is 3. The van der Waals surface area contributed by atoms with Gasteiger partial charge in [0.1, 0.15) is 0 Å². The molecule has 0 radical (unpaired) electrons. The Bertz CT molecular complexity index is 414. The van der Waals surface area contributed by atoms with E-state index < -0.39 is 0 Å². The summed E-state index contributed by atoms with van der Waals surface area (Å²) in [6.07, 6.45) is 8.68. The second kappa shape index (κ2) is 6.97. The average molecular weight is 246 g/mol. The maximum Gasteiger partial charge on any atom is 0.253 e. The lowest BCUT2D eigenvalue weighted by atomic mass is 10.0. The molecule has 0 aliphatic carbocycles. The van der Waals surface area contributed by atoms with Gasteiger partial charge >= 0.3 is 0 Å². The number of nitrogens with one attached hydrogen (secondary N) is 1.